The summed E-state index contributed by atoms with van der Waals surface area (Å²) in [5.74, 6) is 0. The standard InChI is InChI=1S/C52H27N7/c53-28-32-12-11-15-33(26-32)34-24-25-43(37(27-34)31-56)59-46-23-10-5-18-40(46)49-51-47(38-16-3-8-21-44(38)57(51)41-19-6-1-13-35(41)29-54)50-48(52(49)59)39-17-4-9-22-45(39)58(50)42-20-7-2-14-36(42)30-55/h1-27H. The van der Waals surface area contributed by atoms with Gasteiger partial charge in [-0.1, -0.05) is 97.1 Å². The van der Waals surface area contributed by atoms with E-state index in [2.05, 4.69) is 74.4 Å². The van der Waals surface area contributed by atoms with Gasteiger partial charge in [0.25, 0.3) is 0 Å². The second-order valence-electron chi connectivity index (χ2n) is 14.5. The third kappa shape index (κ3) is 4.65. The first-order valence-corrected chi connectivity index (χ1v) is 19.1. The van der Waals surface area contributed by atoms with E-state index in [1.165, 1.54) is 0 Å². The Hall–Kier alpha value is -8.88. The summed E-state index contributed by atoms with van der Waals surface area (Å²) in [7, 11) is 0. The van der Waals surface area contributed by atoms with E-state index in [0.29, 0.717) is 27.9 Å². The summed E-state index contributed by atoms with van der Waals surface area (Å²) in [6.45, 7) is 0. The maximum atomic E-state index is 11.0. The smallest absolute Gasteiger partial charge is 0.101 e. The van der Waals surface area contributed by atoms with Crippen LogP contribution in [-0.2, 0) is 0 Å². The Kier molecular flexibility index (Phi) is 7.28. The first-order chi connectivity index (χ1) is 29.1. The molecule has 11 aromatic rings. The molecule has 0 radical (unpaired) electrons. The van der Waals surface area contributed by atoms with Gasteiger partial charge in [0.1, 0.15) is 18.2 Å². The molecule has 270 valence electrons. The highest BCUT2D eigenvalue weighted by molar-refractivity contribution is 6.40. The lowest BCUT2D eigenvalue weighted by atomic mass is 10.00. The Morgan fingerprint density at radius 2 is 0.729 bits per heavy atom. The Labute approximate surface area is 337 Å². The molecule has 8 aromatic carbocycles. The third-order valence-electron chi connectivity index (χ3n) is 11.5. The van der Waals surface area contributed by atoms with E-state index < -0.39 is 0 Å². The molecular weight excluding hydrogens is 723 g/mol. The zero-order valence-electron chi connectivity index (χ0n) is 31.2. The maximum Gasteiger partial charge on any atom is 0.101 e. The Bertz CT molecular complexity index is 3700. The first kappa shape index (κ1) is 33.5. The van der Waals surface area contributed by atoms with Gasteiger partial charge in [-0.25, -0.2) is 0 Å². The largest absolute Gasteiger partial charge is 0.307 e. The number of benzene rings is 8. The van der Waals surface area contributed by atoms with Crippen LogP contribution >= 0.6 is 0 Å². The number of rotatable bonds is 4. The van der Waals surface area contributed by atoms with E-state index in [1.54, 1.807) is 6.07 Å². The van der Waals surface area contributed by atoms with Crippen LogP contribution in [0.25, 0.3) is 93.6 Å². The highest BCUT2D eigenvalue weighted by atomic mass is 15.1. The number of hydrogen-bond donors (Lipinski definition) is 0. The molecule has 0 fully saturated rings. The summed E-state index contributed by atoms with van der Waals surface area (Å²) in [6.07, 6.45) is 0. The van der Waals surface area contributed by atoms with Gasteiger partial charge in [0.2, 0.25) is 0 Å². The lowest BCUT2D eigenvalue weighted by molar-refractivity contribution is 1.16. The SMILES string of the molecule is N#Cc1cccc(-c2ccc(-n3c4ccccc4c4c5c(c6ccccc6n5-c5ccccc5C#N)c5c(c6ccccc6n5-c5ccccc5C#N)c43)c(C#N)c2)c1. The number of hydrogen-bond acceptors (Lipinski definition) is 4. The summed E-state index contributed by atoms with van der Waals surface area (Å²) in [6, 6.07) is 63.3. The minimum Gasteiger partial charge on any atom is -0.307 e. The predicted octanol–water partition coefficient (Wildman–Crippen LogP) is 12.1. The van der Waals surface area contributed by atoms with Crippen LogP contribution in [0, 0.1) is 45.3 Å². The van der Waals surface area contributed by atoms with Gasteiger partial charge in [-0.15, -0.1) is 0 Å². The van der Waals surface area contributed by atoms with Gasteiger partial charge in [0, 0.05) is 32.3 Å². The summed E-state index contributed by atoms with van der Waals surface area (Å²) < 4.78 is 6.65. The molecule has 0 saturated heterocycles. The molecule has 0 N–H and O–H groups in total. The molecule has 0 amide bonds. The van der Waals surface area contributed by atoms with Crippen LogP contribution in [0.15, 0.2) is 164 Å². The molecular formula is C52H27N7. The average Bonchev–Trinajstić information content (AvgIpc) is 3.94. The van der Waals surface area contributed by atoms with Crippen LogP contribution < -0.4 is 0 Å². The van der Waals surface area contributed by atoms with Crippen molar-refractivity contribution in [3.63, 3.8) is 0 Å². The van der Waals surface area contributed by atoms with E-state index in [0.717, 1.165) is 87.9 Å². The molecule has 0 aliphatic heterocycles. The number of para-hydroxylation sites is 5. The topological polar surface area (TPSA) is 110 Å². The molecule has 11 rings (SSSR count). The van der Waals surface area contributed by atoms with Crippen molar-refractivity contribution in [1.29, 1.82) is 21.0 Å². The first-order valence-electron chi connectivity index (χ1n) is 19.1. The summed E-state index contributed by atoms with van der Waals surface area (Å²) in [4.78, 5) is 0. The van der Waals surface area contributed by atoms with E-state index in [9.17, 15) is 21.0 Å². The lowest BCUT2D eigenvalue weighted by Gasteiger charge is -2.15. The number of nitriles is 4. The lowest BCUT2D eigenvalue weighted by Crippen LogP contribution is -2.01. The minimum atomic E-state index is 0.467. The van der Waals surface area contributed by atoms with Crippen LogP contribution in [0.3, 0.4) is 0 Å². The zero-order valence-corrected chi connectivity index (χ0v) is 31.2. The molecule has 3 aromatic heterocycles. The van der Waals surface area contributed by atoms with E-state index >= 15 is 0 Å². The third-order valence-corrected chi connectivity index (χ3v) is 11.5. The summed E-state index contributed by atoms with van der Waals surface area (Å²) in [5.41, 5.74) is 11.4. The minimum absolute atomic E-state index is 0.467. The summed E-state index contributed by atoms with van der Waals surface area (Å²) in [5, 5.41) is 47.6. The highest BCUT2D eigenvalue weighted by Crippen LogP contribution is 2.50. The average molecular weight is 750 g/mol. The molecule has 59 heavy (non-hydrogen) atoms. The predicted molar refractivity (Wildman–Crippen MR) is 234 cm³/mol. The maximum absolute atomic E-state index is 11.0. The van der Waals surface area contributed by atoms with E-state index in [1.807, 2.05) is 121 Å². The number of aromatic nitrogens is 3. The van der Waals surface area contributed by atoms with Crippen LogP contribution in [0.4, 0.5) is 0 Å². The highest BCUT2D eigenvalue weighted by Gasteiger charge is 2.30. The van der Waals surface area contributed by atoms with Gasteiger partial charge in [0.15, 0.2) is 0 Å². The van der Waals surface area contributed by atoms with Crippen molar-refractivity contribution in [1.82, 2.24) is 13.7 Å². The number of fused-ring (bicyclic) bond motifs is 12. The molecule has 3 heterocycles. The van der Waals surface area contributed by atoms with E-state index in [-0.39, 0.29) is 0 Å². The normalized spacial score (nSPS) is 11.3. The fourth-order valence-corrected chi connectivity index (χ4v) is 9.19. The van der Waals surface area contributed by atoms with Crippen molar-refractivity contribution in [2.75, 3.05) is 0 Å². The Morgan fingerprint density at radius 3 is 1.19 bits per heavy atom. The van der Waals surface area contributed by atoms with Crippen molar-refractivity contribution >= 4 is 65.4 Å². The fraction of sp³-hybridized carbons (Fsp3) is 0. The van der Waals surface area contributed by atoms with Gasteiger partial charge in [0.05, 0.1) is 78.5 Å². The molecule has 0 unspecified atom stereocenters. The van der Waals surface area contributed by atoms with Crippen molar-refractivity contribution in [3.8, 4) is 52.5 Å². The Balaban J connectivity index is 1.44. The van der Waals surface area contributed by atoms with Gasteiger partial charge in [-0.05, 0) is 77.9 Å². The van der Waals surface area contributed by atoms with Crippen LogP contribution in [0.2, 0.25) is 0 Å². The molecule has 0 aliphatic rings. The van der Waals surface area contributed by atoms with Crippen LogP contribution in [-0.4, -0.2) is 13.7 Å². The second kappa shape index (κ2) is 12.8. The zero-order chi connectivity index (χ0) is 39.8. The van der Waals surface area contributed by atoms with Crippen molar-refractivity contribution < 1.29 is 0 Å². The molecule has 0 saturated carbocycles. The van der Waals surface area contributed by atoms with Crippen molar-refractivity contribution in [2.24, 2.45) is 0 Å². The monoisotopic (exact) mass is 749 g/mol. The molecule has 7 nitrogen and oxygen atoms in total. The molecule has 0 aliphatic carbocycles. The number of nitrogens with zero attached hydrogens (tertiary/aromatic N) is 7. The quantitative estimate of drug-likeness (QED) is 0.178. The van der Waals surface area contributed by atoms with Gasteiger partial charge in [-0.3, -0.25) is 0 Å². The molecule has 0 spiro atoms. The fourth-order valence-electron chi connectivity index (χ4n) is 9.19. The molecule has 0 bridgehead atoms. The summed E-state index contributed by atoms with van der Waals surface area (Å²) >= 11 is 0. The van der Waals surface area contributed by atoms with Crippen molar-refractivity contribution in [3.05, 3.63) is 186 Å². The second-order valence-corrected chi connectivity index (χ2v) is 14.5. The molecule has 7 heteroatoms. The van der Waals surface area contributed by atoms with Crippen molar-refractivity contribution in [2.45, 2.75) is 0 Å². The molecule has 0 atom stereocenters. The Morgan fingerprint density at radius 1 is 0.322 bits per heavy atom. The van der Waals surface area contributed by atoms with Crippen LogP contribution in [0.1, 0.15) is 22.3 Å². The van der Waals surface area contributed by atoms with Gasteiger partial charge < -0.3 is 13.7 Å². The van der Waals surface area contributed by atoms with Crippen LogP contribution in [0.5, 0.6) is 0 Å². The van der Waals surface area contributed by atoms with Gasteiger partial charge in [-0.2, -0.15) is 21.0 Å². The van der Waals surface area contributed by atoms with E-state index in [4.69, 9.17) is 0 Å². The van der Waals surface area contributed by atoms with Gasteiger partial charge >= 0.3 is 0 Å².